The average molecular weight is 772 g/mol. The van der Waals surface area contributed by atoms with Crippen molar-refractivity contribution in [1.29, 1.82) is 0 Å². The summed E-state index contributed by atoms with van der Waals surface area (Å²) in [5, 5.41) is 0. The number of hydrogen-bond donors (Lipinski definition) is 0. The number of hydrogen-bond acceptors (Lipinski definition) is 6. The minimum absolute atomic E-state index is 0. The Balaban J connectivity index is 0.00000580. The van der Waals surface area contributed by atoms with E-state index >= 15 is 0 Å². The molecule has 1 amide bonds. The molecule has 6 rings (SSSR count). The van der Waals surface area contributed by atoms with Gasteiger partial charge in [-0.2, -0.15) is 0 Å². The fraction of sp³-hybridized carbons (Fsp3) is 0.273. The molecule has 0 unspecified atom stereocenters. The minimum atomic E-state index is -0.951. The van der Waals surface area contributed by atoms with E-state index in [1.165, 1.54) is 53.2 Å². The molecule has 11 heteroatoms. The summed E-state index contributed by atoms with van der Waals surface area (Å²) in [6.45, 7) is 10.8. The third-order valence-electron chi connectivity index (χ3n) is 9.18. The number of carbonyl (C=O) groups excluding carboxylic acids is 1. The quantitative estimate of drug-likeness (QED) is 0.111. The summed E-state index contributed by atoms with van der Waals surface area (Å²) in [6.07, 6.45) is 5.28. The number of nitrogens with zero attached hydrogens (tertiary/aromatic N) is 3. The standard InChI is InChI=1S/C44H44F3N3O4.ClH/c1-44(2,3)35-11-13-36(14-12-35)52-25-20-31-4-6-33(7-5-31)29-49-21-23-50(24-22-49)43(51)19-10-32-9-17-41(40(47)26-32)54-42-18-15-37(28-48-42)53-30-34-8-16-38(45)39(46)27-34;/h4-19,26-28H,20-25,29-30H2,1-3H3;1H/b19-10+;. The zero-order valence-electron chi connectivity index (χ0n) is 31.1. The normalized spacial score (nSPS) is 13.4. The zero-order chi connectivity index (χ0) is 38.1. The molecule has 0 N–H and O–H groups in total. The number of halogens is 4. The van der Waals surface area contributed by atoms with Crippen molar-refractivity contribution in [2.24, 2.45) is 0 Å². The molecular weight excluding hydrogens is 727 g/mol. The van der Waals surface area contributed by atoms with Gasteiger partial charge < -0.3 is 19.1 Å². The highest BCUT2D eigenvalue weighted by atomic mass is 35.5. The van der Waals surface area contributed by atoms with Gasteiger partial charge in [0.1, 0.15) is 18.1 Å². The van der Waals surface area contributed by atoms with Crippen molar-refractivity contribution in [3.8, 4) is 23.1 Å². The van der Waals surface area contributed by atoms with Gasteiger partial charge in [0, 0.05) is 51.3 Å². The van der Waals surface area contributed by atoms with Crippen molar-refractivity contribution in [3.63, 3.8) is 0 Å². The lowest BCUT2D eigenvalue weighted by atomic mass is 9.87. The Kier molecular flexibility index (Phi) is 14.0. The van der Waals surface area contributed by atoms with Crippen molar-refractivity contribution >= 4 is 24.4 Å². The Hall–Kier alpha value is -5.32. The van der Waals surface area contributed by atoms with Gasteiger partial charge in [0.15, 0.2) is 23.2 Å². The predicted molar refractivity (Wildman–Crippen MR) is 210 cm³/mol. The van der Waals surface area contributed by atoms with Crippen LogP contribution in [0.1, 0.15) is 48.6 Å². The lowest BCUT2D eigenvalue weighted by Gasteiger charge is -2.34. The molecule has 0 atom stereocenters. The number of benzene rings is 4. The van der Waals surface area contributed by atoms with E-state index in [0.29, 0.717) is 36.6 Å². The third kappa shape index (κ3) is 11.8. The van der Waals surface area contributed by atoms with Crippen LogP contribution in [0.3, 0.4) is 0 Å². The van der Waals surface area contributed by atoms with Crippen LogP contribution in [0.5, 0.6) is 23.1 Å². The van der Waals surface area contributed by atoms with Crippen molar-refractivity contribution in [3.05, 3.63) is 155 Å². The maximum atomic E-state index is 14.9. The highest BCUT2D eigenvalue weighted by Gasteiger charge is 2.20. The fourth-order valence-corrected chi connectivity index (χ4v) is 5.93. The zero-order valence-corrected chi connectivity index (χ0v) is 32.0. The summed E-state index contributed by atoms with van der Waals surface area (Å²) in [7, 11) is 0. The minimum Gasteiger partial charge on any atom is -0.493 e. The smallest absolute Gasteiger partial charge is 0.246 e. The first kappa shape index (κ1) is 40.9. The second kappa shape index (κ2) is 18.8. The maximum absolute atomic E-state index is 14.9. The molecule has 2 heterocycles. The molecule has 0 bridgehead atoms. The highest BCUT2D eigenvalue weighted by molar-refractivity contribution is 5.91. The third-order valence-corrected chi connectivity index (χ3v) is 9.18. The van der Waals surface area contributed by atoms with Crippen LogP contribution < -0.4 is 14.2 Å². The Bertz CT molecular complexity index is 2050. The lowest BCUT2D eigenvalue weighted by molar-refractivity contribution is -0.127. The van der Waals surface area contributed by atoms with E-state index < -0.39 is 17.5 Å². The SMILES string of the molecule is CC(C)(C)c1ccc(OCCc2ccc(CN3CCN(C(=O)/C=C/c4ccc(Oc5ccc(OCc6ccc(F)c(F)c6)cn5)c(F)c4)CC3)cc2)cc1.Cl. The number of amides is 1. The molecule has 1 fully saturated rings. The molecule has 0 saturated carbocycles. The lowest BCUT2D eigenvalue weighted by Crippen LogP contribution is -2.47. The van der Waals surface area contributed by atoms with Crippen LogP contribution in [-0.2, 0) is 29.8 Å². The second-order valence-electron chi connectivity index (χ2n) is 14.3. The summed E-state index contributed by atoms with van der Waals surface area (Å²) < 4.78 is 58.5. The van der Waals surface area contributed by atoms with Crippen LogP contribution in [0.4, 0.5) is 13.2 Å². The van der Waals surface area contributed by atoms with E-state index in [2.05, 4.69) is 67.1 Å². The Morgan fingerprint density at radius 3 is 2.09 bits per heavy atom. The van der Waals surface area contributed by atoms with Crippen LogP contribution in [0.2, 0.25) is 0 Å². The first-order valence-electron chi connectivity index (χ1n) is 18.0. The Morgan fingerprint density at radius 2 is 1.44 bits per heavy atom. The number of aromatic nitrogens is 1. The molecule has 1 aromatic heterocycles. The van der Waals surface area contributed by atoms with Gasteiger partial charge in [0.25, 0.3) is 0 Å². The van der Waals surface area contributed by atoms with Crippen LogP contribution in [0.15, 0.2) is 109 Å². The van der Waals surface area contributed by atoms with Gasteiger partial charge in [-0.1, -0.05) is 69.3 Å². The molecule has 1 saturated heterocycles. The molecule has 1 aliphatic rings. The van der Waals surface area contributed by atoms with E-state index in [0.717, 1.165) is 43.9 Å². The molecule has 1 aliphatic heterocycles. The van der Waals surface area contributed by atoms with E-state index in [9.17, 15) is 18.0 Å². The number of piperazine rings is 1. The summed E-state index contributed by atoms with van der Waals surface area (Å²) in [5.41, 5.74) is 4.84. The van der Waals surface area contributed by atoms with Gasteiger partial charge in [-0.25, -0.2) is 18.2 Å². The van der Waals surface area contributed by atoms with E-state index in [4.69, 9.17) is 14.2 Å². The molecule has 0 spiro atoms. The number of ether oxygens (including phenoxy) is 3. The average Bonchev–Trinajstić information content (AvgIpc) is 3.17. The number of carbonyl (C=O) groups is 1. The van der Waals surface area contributed by atoms with Gasteiger partial charge >= 0.3 is 0 Å². The molecule has 5 aromatic rings. The molecule has 0 aliphatic carbocycles. The highest BCUT2D eigenvalue weighted by Crippen LogP contribution is 2.27. The number of pyridine rings is 1. The van der Waals surface area contributed by atoms with Gasteiger partial charge in [0.2, 0.25) is 11.8 Å². The van der Waals surface area contributed by atoms with Crippen LogP contribution >= 0.6 is 12.4 Å². The predicted octanol–water partition coefficient (Wildman–Crippen LogP) is 9.57. The van der Waals surface area contributed by atoms with Crippen molar-refractivity contribution < 1.29 is 32.2 Å². The Labute approximate surface area is 326 Å². The molecule has 55 heavy (non-hydrogen) atoms. The second-order valence-corrected chi connectivity index (χ2v) is 14.3. The largest absolute Gasteiger partial charge is 0.493 e. The topological polar surface area (TPSA) is 64.1 Å². The van der Waals surface area contributed by atoms with Crippen molar-refractivity contribution in [2.45, 2.75) is 45.8 Å². The van der Waals surface area contributed by atoms with Crippen LogP contribution in [0.25, 0.3) is 6.08 Å². The first-order valence-corrected chi connectivity index (χ1v) is 18.0. The molecule has 7 nitrogen and oxygen atoms in total. The van der Waals surface area contributed by atoms with Gasteiger partial charge in [-0.3, -0.25) is 9.69 Å². The van der Waals surface area contributed by atoms with Gasteiger partial charge in [-0.15, -0.1) is 12.4 Å². The number of rotatable bonds is 13. The van der Waals surface area contributed by atoms with Crippen molar-refractivity contribution in [1.82, 2.24) is 14.8 Å². The summed E-state index contributed by atoms with van der Waals surface area (Å²) >= 11 is 0. The van der Waals surface area contributed by atoms with Crippen molar-refractivity contribution in [2.75, 3.05) is 32.8 Å². The van der Waals surface area contributed by atoms with Gasteiger partial charge in [-0.05, 0) is 81.8 Å². The van der Waals surface area contributed by atoms with E-state index in [-0.39, 0.29) is 42.0 Å². The fourth-order valence-electron chi connectivity index (χ4n) is 5.93. The molecule has 0 radical (unpaired) electrons. The van der Waals surface area contributed by atoms with Gasteiger partial charge in [0.05, 0.1) is 12.8 Å². The summed E-state index contributed by atoms with van der Waals surface area (Å²) in [5.74, 6) is -1.24. The summed E-state index contributed by atoms with van der Waals surface area (Å²) in [6, 6.07) is 28.0. The Morgan fingerprint density at radius 1 is 0.745 bits per heavy atom. The molecule has 288 valence electrons. The van der Waals surface area contributed by atoms with E-state index in [1.54, 1.807) is 23.1 Å². The molecular formula is C44H45ClF3N3O4. The molecule has 4 aromatic carbocycles. The monoisotopic (exact) mass is 771 g/mol. The maximum Gasteiger partial charge on any atom is 0.246 e. The first-order chi connectivity index (χ1) is 26.0. The van der Waals surface area contributed by atoms with E-state index in [1.807, 2.05) is 12.1 Å². The van der Waals surface area contributed by atoms with Crippen LogP contribution in [-0.4, -0.2) is 53.5 Å². The summed E-state index contributed by atoms with van der Waals surface area (Å²) in [4.78, 5) is 21.2. The van der Waals surface area contributed by atoms with Crippen LogP contribution in [0, 0.1) is 17.5 Å².